The van der Waals surface area contributed by atoms with Gasteiger partial charge in [0.1, 0.15) is 0 Å². The first-order valence-corrected chi connectivity index (χ1v) is 46.6. The van der Waals surface area contributed by atoms with E-state index in [9.17, 15) is 0 Å². The van der Waals surface area contributed by atoms with Crippen molar-refractivity contribution in [2.75, 3.05) is 0 Å². The van der Waals surface area contributed by atoms with E-state index in [1.165, 1.54) is 283 Å². The van der Waals surface area contributed by atoms with E-state index < -0.39 is 0 Å². The Morgan fingerprint density at radius 1 is 0.170 bits per heavy atom. The number of benzene rings is 10. The van der Waals surface area contributed by atoms with Gasteiger partial charge in [0.05, 0.1) is 0 Å². The third-order valence-electron chi connectivity index (χ3n) is 27.3. The van der Waals surface area contributed by atoms with Crippen molar-refractivity contribution in [3.05, 3.63) is 293 Å². The topological polar surface area (TPSA) is 0 Å². The van der Waals surface area contributed by atoms with Gasteiger partial charge in [-0.05, 0) is 276 Å². The van der Waals surface area contributed by atoms with Gasteiger partial charge in [-0.15, -0.1) is 0 Å². The van der Waals surface area contributed by atoms with Gasteiger partial charge in [-0.25, -0.2) is 0 Å². The summed E-state index contributed by atoms with van der Waals surface area (Å²) in [7, 11) is 0. The molecular weight excluding hydrogens is 1350 g/mol. The molecule has 0 heteroatoms. The summed E-state index contributed by atoms with van der Waals surface area (Å²) in [5, 5.41) is 0. The van der Waals surface area contributed by atoms with Crippen LogP contribution in [0.5, 0.6) is 0 Å². The van der Waals surface area contributed by atoms with E-state index in [0.29, 0.717) is 0 Å². The fourth-order valence-electron chi connectivity index (χ4n) is 21.7. The summed E-state index contributed by atoms with van der Waals surface area (Å²) in [5.74, 6) is -0.165. The molecule has 0 bridgehead atoms. The van der Waals surface area contributed by atoms with E-state index in [2.05, 4.69) is 237 Å². The molecule has 0 nitrogen and oxygen atoms in total. The van der Waals surface area contributed by atoms with Crippen LogP contribution >= 0.6 is 0 Å². The lowest BCUT2D eigenvalue weighted by atomic mass is 9.66. The number of rotatable bonds is 45. The fraction of sp³-hybridized carbons (Fsp3) is 0.464. The van der Waals surface area contributed by atoms with E-state index in [4.69, 9.17) is 0 Å². The first kappa shape index (κ1) is 80.8. The molecule has 0 amide bonds. The van der Waals surface area contributed by atoms with Crippen molar-refractivity contribution < 1.29 is 0 Å². The van der Waals surface area contributed by atoms with Crippen molar-refractivity contribution >= 4 is 0 Å². The highest BCUT2D eigenvalue weighted by molar-refractivity contribution is 5.93. The third-order valence-corrected chi connectivity index (χ3v) is 27.3. The third kappa shape index (κ3) is 17.0. The lowest BCUT2D eigenvalue weighted by Gasteiger charge is -2.37. The van der Waals surface area contributed by atoms with Gasteiger partial charge in [-0.1, -0.05) is 385 Å². The summed E-state index contributed by atoms with van der Waals surface area (Å²) in [6.45, 7) is 19.2. The zero-order chi connectivity index (χ0) is 77.1. The van der Waals surface area contributed by atoms with Crippen LogP contribution in [0.25, 0.3) is 55.6 Å². The van der Waals surface area contributed by atoms with Crippen LogP contribution in [-0.2, 0) is 51.4 Å². The van der Waals surface area contributed by atoms with Crippen molar-refractivity contribution in [2.24, 2.45) is 0 Å². The molecule has 10 aromatic carbocycles. The Hall–Kier alpha value is -7.80. The Kier molecular flexibility index (Phi) is 28.8. The average Bonchev–Trinajstić information content (AvgIpc) is 1.50. The highest BCUT2D eigenvalue weighted by atomic mass is 14.5. The maximum atomic E-state index is 2.98. The molecule has 0 aromatic heterocycles. The molecular formula is C112H138. The molecule has 586 valence electrons. The Morgan fingerprint density at radius 2 is 0.420 bits per heavy atom. The first-order valence-electron chi connectivity index (χ1n) is 46.6. The van der Waals surface area contributed by atoms with Crippen molar-refractivity contribution in [3.8, 4) is 55.6 Å². The monoisotopic (exact) mass is 1480 g/mol. The van der Waals surface area contributed by atoms with Crippen LogP contribution in [0.15, 0.2) is 182 Å². The molecule has 0 saturated carbocycles. The van der Waals surface area contributed by atoms with E-state index in [1.807, 2.05) is 0 Å². The minimum Gasteiger partial charge on any atom is -0.0654 e. The van der Waals surface area contributed by atoms with Crippen molar-refractivity contribution in [1.29, 1.82) is 0 Å². The molecule has 0 spiro atoms. The molecule has 0 aliphatic heterocycles. The second-order valence-electron chi connectivity index (χ2n) is 34.8. The van der Waals surface area contributed by atoms with Gasteiger partial charge in [0.2, 0.25) is 0 Å². The molecule has 10 aromatic rings. The number of hydrogen-bond acceptors (Lipinski definition) is 0. The number of unbranched alkanes of at least 4 members (excludes halogenated alkanes) is 24. The summed E-state index contributed by atoms with van der Waals surface area (Å²) in [6.07, 6.45) is 49.1. The molecule has 0 fully saturated rings. The van der Waals surface area contributed by atoms with Crippen molar-refractivity contribution in [2.45, 2.75) is 336 Å². The fourth-order valence-corrected chi connectivity index (χ4v) is 21.7. The van der Waals surface area contributed by atoms with Gasteiger partial charge in [-0.3, -0.25) is 0 Å². The first-order chi connectivity index (χ1) is 55.4. The summed E-state index contributed by atoms with van der Waals surface area (Å²) < 4.78 is 0. The maximum absolute atomic E-state index is 2.98. The Bertz CT molecular complexity index is 4730. The molecule has 4 aliphatic carbocycles. The van der Waals surface area contributed by atoms with Crippen LogP contribution in [0.3, 0.4) is 0 Å². The average molecular weight is 1480 g/mol. The number of aryl methyl sites for hydroxylation is 4. The predicted octanol–water partition coefficient (Wildman–Crippen LogP) is 33.0. The van der Waals surface area contributed by atoms with Gasteiger partial charge in [0.25, 0.3) is 0 Å². The van der Waals surface area contributed by atoms with Crippen molar-refractivity contribution in [3.63, 3.8) is 0 Å². The minimum absolute atomic E-state index is 0.0174. The van der Waals surface area contributed by atoms with Crippen LogP contribution in [0.1, 0.15) is 396 Å². The van der Waals surface area contributed by atoms with Crippen LogP contribution < -0.4 is 0 Å². The van der Waals surface area contributed by atoms with E-state index in [0.717, 1.165) is 51.4 Å². The lowest BCUT2D eigenvalue weighted by molar-refractivity contribution is 0.646. The van der Waals surface area contributed by atoms with Crippen LogP contribution in [0.2, 0.25) is 0 Å². The van der Waals surface area contributed by atoms with Crippen LogP contribution in [-0.4, -0.2) is 0 Å². The standard InChI is InChI=1S/C112H138/c1-9-17-25-34-54-80-70-74-96-88-62-44-48-66-92(88)106(102(96)84(80)58-40-29-21-13-5)101-78-100(79-52-38-33-39-53-79)110(107-93-67-49-45-63-89(93)97-75-71-81(55-35-26-18-10-2)85(103(97)107)59-41-30-22-14-6)112(109-95-69-51-47-65-91(95)99-77-73-83(57-37-28-20-12-4)87(105(99)109)61-43-32-24-16-8)111(101)108-94-68-50-46-64-90(94)98-76-72-82(56-36-27-19-11-3)86(104(98)108)60-42-31-23-15-7/h33,38-39,44-53,62-78,106-109H,9-32,34-37,40-43,54-61H2,1-8H3. The van der Waals surface area contributed by atoms with Crippen LogP contribution in [0.4, 0.5) is 0 Å². The Morgan fingerprint density at radius 3 is 0.723 bits per heavy atom. The van der Waals surface area contributed by atoms with Crippen LogP contribution in [0, 0.1) is 0 Å². The summed E-state index contributed by atoms with van der Waals surface area (Å²) >= 11 is 0. The molecule has 4 atom stereocenters. The summed E-state index contributed by atoms with van der Waals surface area (Å²) in [6, 6.07) is 76.6. The number of fused-ring (bicyclic) bond motifs is 12. The molecule has 14 rings (SSSR count). The highest BCUT2D eigenvalue weighted by Gasteiger charge is 2.48. The second-order valence-corrected chi connectivity index (χ2v) is 34.8. The van der Waals surface area contributed by atoms with Gasteiger partial charge in [0, 0.05) is 23.7 Å². The zero-order valence-corrected chi connectivity index (χ0v) is 70.9. The van der Waals surface area contributed by atoms with Gasteiger partial charge < -0.3 is 0 Å². The smallest absolute Gasteiger partial charge is 0.0364 e. The number of hydrogen-bond donors (Lipinski definition) is 0. The Balaban J connectivity index is 1.23. The quantitative estimate of drug-likeness (QED) is 0.0334. The molecule has 0 radical (unpaired) electrons. The molecule has 0 N–H and O–H groups in total. The SMILES string of the molecule is CCCCCCc1ccc2c(c1CCCCCC)C(c1cc(-c3ccccc3)c(C3c4ccccc4-c4ccc(CCCCCC)c(CCCCCC)c43)c(C3c4ccccc4-c4ccc(CCCCCC)c(CCCCCC)c43)c1C1c3ccccc3-c3ccc(CCCCCC)c(CCCCCC)c31)c1ccccc1-2. The summed E-state index contributed by atoms with van der Waals surface area (Å²) in [5.41, 5.74) is 46.6. The molecule has 4 unspecified atom stereocenters. The van der Waals surface area contributed by atoms with Gasteiger partial charge >= 0.3 is 0 Å². The molecule has 112 heavy (non-hydrogen) atoms. The van der Waals surface area contributed by atoms with Crippen molar-refractivity contribution in [1.82, 2.24) is 0 Å². The summed E-state index contributed by atoms with van der Waals surface area (Å²) in [4.78, 5) is 0. The molecule has 0 heterocycles. The molecule has 4 aliphatic rings. The second kappa shape index (κ2) is 40.0. The minimum atomic E-state index is -0.0622. The van der Waals surface area contributed by atoms with E-state index >= 15 is 0 Å². The Labute approximate surface area is 680 Å². The van der Waals surface area contributed by atoms with E-state index in [1.54, 1.807) is 89.0 Å². The molecule has 0 saturated heterocycles. The van der Waals surface area contributed by atoms with Gasteiger partial charge in [-0.2, -0.15) is 0 Å². The maximum Gasteiger partial charge on any atom is 0.0364 e. The predicted molar refractivity (Wildman–Crippen MR) is 486 cm³/mol. The highest BCUT2D eigenvalue weighted by Crippen LogP contribution is 2.65. The normalized spacial score (nSPS) is 15.3. The zero-order valence-electron chi connectivity index (χ0n) is 70.9. The van der Waals surface area contributed by atoms with E-state index in [-0.39, 0.29) is 23.7 Å². The largest absolute Gasteiger partial charge is 0.0654 e. The van der Waals surface area contributed by atoms with Gasteiger partial charge in [0.15, 0.2) is 0 Å². The lowest BCUT2D eigenvalue weighted by Crippen LogP contribution is -2.22.